The van der Waals surface area contributed by atoms with Crippen molar-refractivity contribution in [1.82, 2.24) is 14.5 Å². The zero-order valence-electron chi connectivity index (χ0n) is 22.6. The molecule has 1 amide bonds. The first-order valence-corrected chi connectivity index (χ1v) is 12.4. The Morgan fingerprint density at radius 2 is 1.86 bits per heavy atom. The van der Waals surface area contributed by atoms with Gasteiger partial charge in [-0.2, -0.15) is 0 Å². The van der Waals surface area contributed by atoms with Crippen molar-refractivity contribution in [2.24, 2.45) is 5.92 Å². The Bertz CT molecular complexity index is 1040. The van der Waals surface area contributed by atoms with Crippen LogP contribution in [-0.2, 0) is 27.2 Å². The second-order valence-corrected chi connectivity index (χ2v) is 9.55. The van der Waals surface area contributed by atoms with Crippen molar-refractivity contribution in [3.05, 3.63) is 52.4 Å². The Morgan fingerprint density at radius 1 is 1.20 bits per heavy atom. The molecule has 2 atom stereocenters. The first kappa shape index (κ1) is 28.3. The number of benzene rings is 1. The van der Waals surface area contributed by atoms with Crippen LogP contribution in [0.3, 0.4) is 0 Å². The van der Waals surface area contributed by atoms with Gasteiger partial charge in [0.05, 0.1) is 18.2 Å². The molecule has 1 aliphatic rings. The summed E-state index contributed by atoms with van der Waals surface area (Å²) in [6.07, 6.45) is -0.314. The van der Waals surface area contributed by atoms with Crippen LogP contribution in [0.25, 0.3) is 0 Å². The number of fused-ring (bicyclic) bond motifs is 1. The third kappa shape index (κ3) is 6.41. The molecule has 0 saturated heterocycles. The summed E-state index contributed by atoms with van der Waals surface area (Å²) < 4.78 is 28.6. The summed E-state index contributed by atoms with van der Waals surface area (Å²) in [7, 11) is 0. The fourth-order valence-electron chi connectivity index (χ4n) is 4.14. The van der Waals surface area contributed by atoms with Crippen molar-refractivity contribution >= 4 is 12.1 Å². The quantitative estimate of drug-likeness (QED) is 0.500. The van der Waals surface area contributed by atoms with Crippen LogP contribution in [0, 0.1) is 25.6 Å². The number of aromatic nitrogens is 2. The second-order valence-electron chi connectivity index (χ2n) is 9.55. The maximum atomic E-state index is 15.9. The van der Waals surface area contributed by atoms with Gasteiger partial charge in [0, 0.05) is 24.3 Å². The highest BCUT2D eigenvalue weighted by atomic mass is 19.1. The van der Waals surface area contributed by atoms with Gasteiger partial charge < -0.3 is 14.0 Å². The SMILES string of the molecule is CC.CCOC(=O)C(C)Cc1cccc(C2c3nc(C)c(C)n3CCN2C(=O)OC(C)(C)C)c1F. The van der Waals surface area contributed by atoms with Crippen molar-refractivity contribution < 1.29 is 23.5 Å². The van der Waals surface area contributed by atoms with Crippen LogP contribution in [0.15, 0.2) is 18.2 Å². The van der Waals surface area contributed by atoms with Crippen LogP contribution < -0.4 is 0 Å². The lowest BCUT2D eigenvalue weighted by atomic mass is 9.94. The largest absolute Gasteiger partial charge is 0.466 e. The minimum absolute atomic E-state index is 0.199. The number of ether oxygens (including phenoxy) is 2. The maximum Gasteiger partial charge on any atom is 0.411 e. The Kier molecular flexibility index (Phi) is 9.46. The first-order chi connectivity index (χ1) is 16.4. The molecule has 3 rings (SSSR count). The van der Waals surface area contributed by atoms with E-state index in [1.807, 2.05) is 32.3 Å². The molecule has 8 heteroatoms. The highest BCUT2D eigenvalue weighted by Crippen LogP contribution is 2.36. The molecule has 0 fully saturated rings. The van der Waals surface area contributed by atoms with Gasteiger partial charge >= 0.3 is 12.1 Å². The Labute approximate surface area is 208 Å². The van der Waals surface area contributed by atoms with Crippen molar-refractivity contribution in [2.75, 3.05) is 13.2 Å². The Morgan fingerprint density at radius 3 is 2.46 bits per heavy atom. The lowest BCUT2D eigenvalue weighted by Gasteiger charge is -2.37. The van der Waals surface area contributed by atoms with Gasteiger partial charge in [-0.1, -0.05) is 39.0 Å². The van der Waals surface area contributed by atoms with Gasteiger partial charge in [0.15, 0.2) is 0 Å². The molecule has 0 N–H and O–H groups in total. The third-order valence-electron chi connectivity index (χ3n) is 5.85. The van der Waals surface area contributed by atoms with E-state index in [9.17, 15) is 9.59 Å². The summed E-state index contributed by atoms with van der Waals surface area (Å²) in [5, 5.41) is 0. The average molecular weight is 490 g/mol. The Balaban J connectivity index is 0.00000210. The van der Waals surface area contributed by atoms with Gasteiger partial charge in [-0.3, -0.25) is 9.69 Å². The first-order valence-electron chi connectivity index (χ1n) is 12.4. The normalized spacial score (nSPS) is 16.1. The zero-order valence-corrected chi connectivity index (χ0v) is 22.6. The molecule has 194 valence electrons. The molecule has 1 aromatic heterocycles. The number of esters is 1. The molecule has 0 radical (unpaired) electrons. The molecule has 1 aromatic carbocycles. The minimum atomic E-state index is -0.737. The minimum Gasteiger partial charge on any atom is -0.466 e. The Hall–Kier alpha value is -2.90. The zero-order chi connectivity index (χ0) is 26.5. The molecule has 1 aliphatic heterocycles. The highest BCUT2D eigenvalue weighted by molar-refractivity contribution is 5.72. The van der Waals surface area contributed by atoms with Crippen LogP contribution in [0.5, 0.6) is 0 Å². The van der Waals surface area contributed by atoms with Gasteiger partial charge in [0.1, 0.15) is 23.3 Å². The monoisotopic (exact) mass is 489 g/mol. The number of carbonyl (C=O) groups excluding carboxylic acids is 2. The van der Waals surface area contributed by atoms with Crippen molar-refractivity contribution in [3.63, 3.8) is 0 Å². The standard InChI is InChI=1S/C25H34FN3O4.C2H6/c1-8-32-23(30)15(2)14-18-10-9-11-19(20(18)26)21-22-27-16(3)17(4)28(22)12-13-29(21)24(31)33-25(5,6)7;1-2/h9-11,15,21H,8,12-14H2,1-7H3;1-2H3. The number of amides is 1. The molecule has 2 unspecified atom stereocenters. The molecule has 35 heavy (non-hydrogen) atoms. The average Bonchev–Trinajstić information content (AvgIpc) is 3.08. The number of halogens is 1. The van der Waals surface area contributed by atoms with Crippen molar-refractivity contribution in [1.29, 1.82) is 0 Å². The molecule has 0 bridgehead atoms. The van der Waals surface area contributed by atoms with Gasteiger partial charge in [-0.25, -0.2) is 14.2 Å². The van der Waals surface area contributed by atoms with Crippen molar-refractivity contribution in [3.8, 4) is 0 Å². The molecule has 0 aliphatic carbocycles. The van der Waals surface area contributed by atoms with Gasteiger partial charge in [-0.05, 0) is 53.5 Å². The third-order valence-corrected chi connectivity index (χ3v) is 5.85. The molecule has 0 spiro atoms. The van der Waals surface area contributed by atoms with Crippen LogP contribution in [0.1, 0.15) is 82.8 Å². The number of rotatable bonds is 5. The van der Waals surface area contributed by atoms with Gasteiger partial charge in [-0.15, -0.1) is 0 Å². The van der Waals surface area contributed by atoms with E-state index in [1.165, 1.54) is 0 Å². The van der Waals surface area contributed by atoms with E-state index < -0.39 is 29.5 Å². The van der Waals surface area contributed by atoms with E-state index >= 15 is 4.39 Å². The molecular weight excluding hydrogens is 449 g/mol. The van der Waals surface area contributed by atoms with Crippen LogP contribution >= 0.6 is 0 Å². The number of carbonyl (C=O) groups is 2. The van der Waals surface area contributed by atoms with E-state index in [0.717, 1.165) is 11.4 Å². The van der Waals surface area contributed by atoms with Crippen LogP contribution in [0.2, 0.25) is 0 Å². The summed E-state index contributed by atoms with van der Waals surface area (Å²) in [6.45, 7) is 17.9. The summed E-state index contributed by atoms with van der Waals surface area (Å²) in [4.78, 5) is 31.5. The fourth-order valence-corrected chi connectivity index (χ4v) is 4.14. The molecule has 2 aromatic rings. The smallest absolute Gasteiger partial charge is 0.411 e. The van der Waals surface area contributed by atoms with E-state index in [1.54, 1.807) is 57.7 Å². The van der Waals surface area contributed by atoms with Gasteiger partial charge in [0.2, 0.25) is 0 Å². The summed E-state index contributed by atoms with van der Waals surface area (Å²) in [6, 6.07) is 4.35. The van der Waals surface area contributed by atoms with E-state index in [2.05, 4.69) is 0 Å². The number of hydrogen-bond acceptors (Lipinski definition) is 5. The lowest BCUT2D eigenvalue weighted by molar-refractivity contribution is -0.147. The molecule has 2 heterocycles. The summed E-state index contributed by atoms with van der Waals surface area (Å²) in [5.41, 5.74) is 1.88. The number of hydrogen-bond donors (Lipinski definition) is 0. The van der Waals surface area contributed by atoms with E-state index in [-0.39, 0.29) is 19.0 Å². The van der Waals surface area contributed by atoms with Crippen molar-refractivity contribution in [2.45, 2.75) is 86.9 Å². The number of aryl methyl sites for hydroxylation is 1. The summed E-state index contributed by atoms with van der Waals surface area (Å²) in [5.74, 6) is -0.692. The topological polar surface area (TPSA) is 73.7 Å². The van der Waals surface area contributed by atoms with E-state index in [0.29, 0.717) is 30.0 Å². The maximum absolute atomic E-state index is 15.9. The fraction of sp³-hybridized carbons (Fsp3) is 0.593. The number of imidazole rings is 1. The molecule has 0 saturated carbocycles. The second kappa shape index (κ2) is 11.7. The van der Waals surface area contributed by atoms with Gasteiger partial charge in [0.25, 0.3) is 0 Å². The summed E-state index contributed by atoms with van der Waals surface area (Å²) >= 11 is 0. The van der Waals surface area contributed by atoms with E-state index in [4.69, 9.17) is 14.5 Å². The van der Waals surface area contributed by atoms with Crippen LogP contribution in [-0.4, -0.2) is 45.3 Å². The lowest BCUT2D eigenvalue weighted by Crippen LogP contribution is -2.45. The number of nitrogens with zero attached hydrogens (tertiary/aromatic N) is 3. The molecular formula is C27H40FN3O4. The predicted octanol–water partition coefficient (Wildman–Crippen LogP) is 5.75. The molecule has 7 nitrogen and oxygen atoms in total. The van der Waals surface area contributed by atoms with Crippen LogP contribution in [0.4, 0.5) is 9.18 Å². The predicted molar refractivity (Wildman–Crippen MR) is 134 cm³/mol. The highest BCUT2D eigenvalue weighted by Gasteiger charge is 2.39.